The van der Waals surface area contributed by atoms with Gasteiger partial charge in [-0.15, -0.1) is 11.3 Å². The van der Waals surface area contributed by atoms with Crippen LogP contribution < -0.4 is 10.1 Å². The van der Waals surface area contributed by atoms with Crippen LogP contribution in [-0.2, 0) is 10.0 Å². The first-order valence-corrected chi connectivity index (χ1v) is 10.5. The van der Waals surface area contributed by atoms with Crippen molar-refractivity contribution in [1.82, 2.24) is 5.43 Å². The average Bonchev–Trinajstić information content (AvgIpc) is 3.29. The number of hydrogen-bond donors (Lipinski definition) is 2. The highest BCUT2D eigenvalue weighted by Gasteiger charge is 2.25. The van der Waals surface area contributed by atoms with Gasteiger partial charge < -0.3 is 0 Å². The van der Waals surface area contributed by atoms with Crippen LogP contribution in [0.3, 0.4) is 0 Å². The van der Waals surface area contributed by atoms with Crippen molar-refractivity contribution in [3.63, 3.8) is 0 Å². The van der Waals surface area contributed by atoms with E-state index in [0.717, 1.165) is 11.3 Å². The SMILES string of the molecule is O=C(N/N=C/c1c(F)c(F)c(F)c(F)c1F)c1ccccc1NS(=O)(=O)c1cccs1. The molecule has 0 aliphatic heterocycles. The van der Waals surface area contributed by atoms with Crippen LogP contribution in [-0.4, -0.2) is 20.5 Å². The number of halogens is 5. The van der Waals surface area contributed by atoms with Crippen molar-refractivity contribution in [2.24, 2.45) is 5.10 Å². The lowest BCUT2D eigenvalue weighted by Crippen LogP contribution is -2.21. The highest BCUT2D eigenvalue weighted by molar-refractivity contribution is 7.94. The fraction of sp³-hybridized carbons (Fsp3) is 0. The fourth-order valence-electron chi connectivity index (χ4n) is 2.33. The molecule has 0 radical (unpaired) electrons. The summed E-state index contributed by atoms with van der Waals surface area (Å²) in [6, 6.07) is 8.24. The Balaban J connectivity index is 1.83. The van der Waals surface area contributed by atoms with Gasteiger partial charge in [-0.25, -0.2) is 35.8 Å². The zero-order chi connectivity index (χ0) is 22.8. The van der Waals surface area contributed by atoms with Crippen LogP contribution in [0.15, 0.2) is 51.1 Å². The second-order valence-corrected chi connectivity index (χ2v) is 8.62. The van der Waals surface area contributed by atoms with Crippen molar-refractivity contribution in [2.45, 2.75) is 4.21 Å². The molecule has 0 saturated carbocycles. The molecule has 13 heteroatoms. The summed E-state index contributed by atoms with van der Waals surface area (Å²) in [5.74, 6) is -11.9. The van der Waals surface area contributed by atoms with Crippen molar-refractivity contribution >= 4 is 39.2 Å². The van der Waals surface area contributed by atoms with E-state index in [9.17, 15) is 35.2 Å². The normalized spacial score (nSPS) is 11.6. The maximum atomic E-state index is 13.6. The summed E-state index contributed by atoms with van der Waals surface area (Å²) < 4.78 is 93.7. The third kappa shape index (κ3) is 4.56. The molecule has 0 spiro atoms. The van der Waals surface area contributed by atoms with Gasteiger partial charge in [0.25, 0.3) is 15.9 Å². The van der Waals surface area contributed by atoms with E-state index < -0.39 is 50.6 Å². The average molecular weight is 475 g/mol. The van der Waals surface area contributed by atoms with E-state index in [1.807, 2.05) is 5.43 Å². The van der Waals surface area contributed by atoms with Crippen LogP contribution >= 0.6 is 11.3 Å². The Morgan fingerprint density at radius 2 is 1.52 bits per heavy atom. The van der Waals surface area contributed by atoms with Gasteiger partial charge in [0.05, 0.1) is 23.0 Å². The largest absolute Gasteiger partial charge is 0.278 e. The lowest BCUT2D eigenvalue weighted by atomic mass is 10.2. The van der Waals surface area contributed by atoms with E-state index in [2.05, 4.69) is 9.82 Å². The highest BCUT2D eigenvalue weighted by Crippen LogP contribution is 2.23. The third-order valence-corrected chi connectivity index (χ3v) is 6.54. The molecule has 0 saturated heterocycles. The van der Waals surface area contributed by atoms with Gasteiger partial charge in [-0.3, -0.25) is 9.52 Å². The Morgan fingerprint density at radius 1 is 0.903 bits per heavy atom. The van der Waals surface area contributed by atoms with Crippen molar-refractivity contribution in [2.75, 3.05) is 4.72 Å². The molecular weight excluding hydrogens is 465 g/mol. The molecule has 1 heterocycles. The Hall–Kier alpha value is -3.32. The summed E-state index contributed by atoms with van der Waals surface area (Å²) in [7, 11) is -3.98. The van der Waals surface area contributed by atoms with E-state index in [-0.39, 0.29) is 21.7 Å². The van der Waals surface area contributed by atoms with Gasteiger partial charge in [0.2, 0.25) is 5.82 Å². The molecular formula is C18H10F5N3O3S2. The van der Waals surface area contributed by atoms with Crippen LogP contribution in [0.2, 0.25) is 0 Å². The zero-order valence-electron chi connectivity index (χ0n) is 15.0. The van der Waals surface area contributed by atoms with E-state index in [0.29, 0.717) is 0 Å². The van der Waals surface area contributed by atoms with Crippen LogP contribution in [0.25, 0.3) is 0 Å². The molecule has 3 rings (SSSR count). The number of benzene rings is 2. The smallest absolute Gasteiger partial charge is 0.273 e. The van der Waals surface area contributed by atoms with Crippen LogP contribution in [0, 0.1) is 29.1 Å². The molecule has 31 heavy (non-hydrogen) atoms. The van der Waals surface area contributed by atoms with Gasteiger partial charge in [-0.1, -0.05) is 18.2 Å². The second-order valence-electron chi connectivity index (χ2n) is 5.77. The van der Waals surface area contributed by atoms with Crippen molar-refractivity contribution < 1.29 is 35.2 Å². The number of carbonyl (C=O) groups excluding carboxylic acids is 1. The maximum absolute atomic E-state index is 13.6. The molecule has 3 aromatic rings. The predicted octanol–water partition coefficient (Wildman–Crippen LogP) is 4.01. The lowest BCUT2D eigenvalue weighted by molar-refractivity contribution is 0.0956. The number of carbonyl (C=O) groups is 1. The molecule has 0 fully saturated rings. The first-order valence-electron chi connectivity index (χ1n) is 8.13. The first kappa shape index (κ1) is 22.4. The van der Waals surface area contributed by atoms with Crippen LogP contribution in [0.1, 0.15) is 15.9 Å². The van der Waals surface area contributed by atoms with Crippen LogP contribution in [0.5, 0.6) is 0 Å². The summed E-state index contributed by atoms with van der Waals surface area (Å²) in [5, 5.41) is 4.75. The number of hydrogen-bond acceptors (Lipinski definition) is 5. The van der Waals surface area contributed by atoms with Gasteiger partial charge >= 0.3 is 0 Å². The minimum Gasteiger partial charge on any atom is -0.278 e. The quantitative estimate of drug-likeness (QED) is 0.186. The molecule has 6 nitrogen and oxygen atoms in total. The third-order valence-electron chi connectivity index (χ3n) is 3.78. The molecule has 2 N–H and O–H groups in total. The van der Waals surface area contributed by atoms with Gasteiger partial charge in [-0.05, 0) is 23.6 Å². The molecule has 2 aromatic carbocycles. The standard InChI is InChI=1S/C18H10F5N3O3S2/c19-13-10(14(20)16(22)17(23)15(13)21)8-24-25-18(27)9-4-1-2-5-11(9)26-31(28,29)12-6-3-7-30-12/h1-8,26H,(H,25,27)/b24-8+. The minimum atomic E-state index is -3.98. The molecule has 0 bridgehead atoms. The summed E-state index contributed by atoms with van der Waals surface area (Å²) in [6.45, 7) is 0. The van der Waals surface area contributed by atoms with Gasteiger partial charge in [0, 0.05) is 0 Å². The number of amides is 1. The van der Waals surface area contributed by atoms with Gasteiger partial charge in [0.15, 0.2) is 23.3 Å². The number of nitrogens with one attached hydrogen (secondary N) is 2. The van der Waals surface area contributed by atoms with E-state index >= 15 is 0 Å². The number of rotatable bonds is 6. The second kappa shape index (κ2) is 8.81. The van der Waals surface area contributed by atoms with E-state index in [1.54, 1.807) is 5.38 Å². The van der Waals surface area contributed by atoms with Crippen LogP contribution in [0.4, 0.5) is 27.6 Å². The van der Waals surface area contributed by atoms with Crippen molar-refractivity contribution in [1.29, 1.82) is 0 Å². The number of sulfonamides is 1. The van der Waals surface area contributed by atoms with Gasteiger partial charge in [0.1, 0.15) is 4.21 Å². The maximum Gasteiger partial charge on any atom is 0.273 e. The number of para-hydroxylation sites is 1. The predicted molar refractivity (Wildman–Crippen MR) is 103 cm³/mol. The Labute approximate surface area is 176 Å². The first-order chi connectivity index (χ1) is 14.6. The Bertz CT molecular complexity index is 1250. The summed E-state index contributed by atoms with van der Waals surface area (Å²) in [6.07, 6.45) is 0.243. The van der Waals surface area contributed by atoms with Gasteiger partial charge in [-0.2, -0.15) is 5.10 Å². The topological polar surface area (TPSA) is 87.6 Å². The summed E-state index contributed by atoms with van der Waals surface area (Å²) >= 11 is 0.947. The number of thiophene rings is 1. The monoisotopic (exact) mass is 475 g/mol. The molecule has 0 aliphatic carbocycles. The van der Waals surface area contributed by atoms with E-state index in [4.69, 9.17) is 0 Å². The summed E-state index contributed by atoms with van der Waals surface area (Å²) in [4.78, 5) is 12.3. The number of hydrazone groups is 1. The fourth-order valence-corrected chi connectivity index (χ4v) is 4.41. The molecule has 0 unspecified atom stereocenters. The summed E-state index contributed by atoms with van der Waals surface area (Å²) in [5.41, 5.74) is 0.149. The molecule has 1 amide bonds. The van der Waals surface area contributed by atoms with Crippen molar-refractivity contribution in [3.05, 3.63) is 82.0 Å². The Morgan fingerprint density at radius 3 is 2.13 bits per heavy atom. The zero-order valence-corrected chi connectivity index (χ0v) is 16.6. The molecule has 0 aliphatic rings. The minimum absolute atomic E-state index is 0.00737. The lowest BCUT2D eigenvalue weighted by Gasteiger charge is -2.10. The number of nitrogens with zero attached hydrogens (tertiary/aromatic N) is 1. The van der Waals surface area contributed by atoms with E-state index in [1.165, 1.54) is 36.4 Å². The Kier molecular flexibility index (Phi) is 6.36. The molecule has 0 atom stereocenters. The molecule has 162 valence electrons. The van der Waals surface area contributed by atoms with Crippen molar-refractivity contribution in [3.8, 4) is 0 Å². The highest BCUT2D eigenvalue weighted by atomic mass is 32.2. The number of anilines is 1. The molecule has 1 aromatic heterocycles.